The number of primary sulfonamides is 1. The molecule has 9 heteroatoms. The molecule has 0 spiro atoms. The summed E-state index contributed by atoms with van der Waals surface area (Å²) in [5.41, 5.74) is 11.4. The molecule has 1 aliphatic carbocycles. The van der Waals surface area contributed by atoms with E-state index in [2.05, 4.69) is 15.0 Å². The van der Waals surface area contributed by atoms with Crippen molar-refractivity contribution in [2.75, 3.05) is 5.73 Å². The molecule has 1 fully saturated rings. The van der Waals surface area contributed by atoms with Crippen molar-refractivity contribution in [2.45, 2.75) is 42.9 Å². The van der Waals surface area contributed by atoms with Gasteiger partial charge in [0.2, 0.25) is 10.0 Å². The molecule has 5 N–H and O–H groups in total. The van der Waals surface area contributed by atoms with Crippen LogP contribution in [0.1, 0.15) is 43.6 Å². The zero-order valence-corrected chi connectivity index (χ0v) is 19.5. The van der Waals surface area contributed by atoms with Gasteiger partial charge in [-0.3, -0.25) is 0 Å². The predicted molar refractivity (Wildman–Crippen MR) is 131 cm³/mol. The lowest BCUT2D eigenvalue weighted by molar-refractivity contribution is 0.439. The zero-order valence-electron chi connectivity index (χ0n) is 17.9. The maximum Gasteiger partial charge on any atom is 0.238 e. The number of nitrogens with two attached hydrogens (primary N) is 2. The van der Waals surface area contributed by atoms with Crippen LogP contribution in [0.2, 0.25) is 5.15 Å². The molecule has 0 atom stereocenters. The van der Waals surface area contributed by atoms with Gasteiger partial charge in [-0.2, -0.15) is 0 Å². The first kappa shape index (κ1) is 21.9. The van der Waals surface area contributed by atoms with Gasteiger partial charge in [0.1, 0.15) is 10.8 Å². The number of H-pyrrole nitrogens is 1. The average Bonchev–Trinajstić information content (AvgIpc) is 3.22. The number of nitrogens with zero attached hydrogens (tertiary/aromatic N) is 2. The van der Waals surface area contributed by atoms with Crippen LogP contribution in [0.4, 0.5) is 5.69 Å². The molecule has 170 valence electrons. The SMILES string of the molecule is Nc1c(-c2cc(-c3c[nH]c4ncccc34)cc(Cl)n2)ccc(S(N)(=O)=O)c1C1CCCCC1. The second-order valence-electron chi connectivity index (χ2n) is 8.48. The van der Waals surface area contributed by atoms with Crippen molar-refractivity contribution in [2.24, 2.45) is 5.14 Å². The number of benzene rings is 1. The number of rotatable bonds is 4. The molecule has 0 saturated heterocycles. The van der Waals surface area contributed by atoms with Gasteiger partial charge in [-0.1, -0.05) is 30.9 Å². The molecule has 0 unspecified atom stereocenters. The van der Waals surface area contributed by atoms with Crippen LogP contribution in [-0.2, 0) is 10.0 Å². The predicted octanol–water partition coefficient (Wildman–Crippen LogP) is 5.22. The molecular weight excluding hydrogens is 458 g/mol. The van der Waals surface area contributed by atoms with E-state index < -0.39 is 10.0 Å². The Hall–Kier alpha value is -2.94. The third-order valence-corrected chi connectivity index (χ3v) is 7.56. The summed E-state index contributed by atoms with van der Waals surface area (Å²) < 4.78 is 24.7. The van der Waals surface area contributed by atoms with E-state index in [0.29, 0.717) is 27.7 Å². The van der Waals surface area contributed by atoms with Gasteiger partial charge in [0.25, 0.3) is 0 Å². The summed E-state index contributed by atoms with van der Waals surface area (Å²) in [4.78, 5) is 12.1. The van der Waals surface area contributed by atoms with E-state index in [9.17, 15) is 8.42 Å². The van der Waals surface area contributed by atoms with E-state index >= 15 is 0 Å². The van der Waals surface area contributed by atoms with Crippen molar-refractivity contribution in [3.05, 3.63) is 59.5 Å². The highest BCUT2D eigenvalue weighted by Gasteiger charge is 2.27. The summed E-state index contributed by atoms with van der Waals surface area (Å²) in [5.74, 6) is 0.0466. The lowest BCUT2D eigenvalue weighted by atomic mass is 9.82. The Morgan fingerprint density at radius 2 is 1.85 bits per heavy atom. The lowest BCUT2D eigenvalue weighted by Gasteiger charge is -2.26. The van der Waals surface area contributed by atoms with E-state index in [1.807, 2.05) is 24.4 Å². The second-order valence-corrected chi connectivity index (χ2v) is 10.4. The fourth-order valence-corrected chi connectivity index (χ4v) is 5.93. The van der Waals surface area contributed by atoms with Gasteiger partial charge in [-0.15, -0.1) is 0 Å². The number of nitrogens with one attached hydrogen (secondary N) is 1. The van der Waals surface area contributed by atoms with Crippen LogP contribution >= 0.6 is 11.6 Å². The number of aromatic amines is 1. The molecule has 0 radical (unpaired) electrons. The fraction of sp³-hybridized carbons (Fsp3) is 0.250. The largest absolute Gasteiger partial charge is 0.398 e. The van der Waals surface area contributed by atoms with Crippen molar-refractivity contribution in [3.8, 4) is 22.4 Å². The van der Waals surface area contributed by atoms with Crippen LogP contribution in [0.3, 0.4) is 0 Å². The Kier molecular flexibility index (Phi) is 5.60. The fourth-order valence-electron chi connectivity index (χ4n) is 4.89. The first-order valence-corrected chi connectivity index (χ1v) is 12.8. The number of anilines is 1. The summed E-state index contributed by atoms with van der Waals surface area (Å²) in [6, 6.07) is 10.8. The minimum atomic E-state index is -3.92. The van der Waals surface area contributed by atoms with Gasteiger partial charge in [-0.05, 0) is 66.3 Å². The molecule has 4 aromatic rings. The lowest BCUT2D eigenvalue weighted by Crippen LogP contribution is -2.19. The summed E-state index contributed by atoms with van der Waals surface area (Å²) in [6.07, 6.45) is 8.58. The van der Waals surface area contributed by atoms with Gasteiger partial charge in [0.05, 0.1) is 10.6 Å². The molecule has 1 saturated carbocycles. The second kappa shape index (κ2) is 8.44. The normalized spacial score (nSPS) is 15.2. The Bertz CT molecular complexity index is 1460. The number of halogens is 1. The third-order valence-electron chi connectivity index (χ3n) is 6.40. The molecule has 0 amide bonds. The molecule has 5 rings (SSSR count). The van der Waals surface area contributed by atoms with Gasteiger partial charge in [-0.25, -0.2) is 23.5 Å². The minimum absolute atomic E-state index is 0.0466. The average molecular weight is 482 g/mol. The molecule has 1 aromatic carbocycles. The number of fused-ring (bicyclic) bond motifs is 1. The van der Waals surface area contributed by atoms with E-state index in [0.717, 1.165) is 54.3 Å². The molecule has 3 aromatic heterocycles. The quantitative estimate of drug-likeness (QED) is 0.272. The number of pyridine rings is 2. The van der Waals surface area contributed by atoms with Crippen LogP contribution in [0.15, 0.2) is 53.7 Å². The van der Waals surface area contributed by atoms with Gasteiger partial charge in [0, 0.05) is 34.6 Å². The van der Waals surface area contributed by atoms with E-state index in [1.54, 1.807) is 24.4 Å². The molecule has 0 aliphatic heterocycles. The van der Waals surface area contributed by atoms with Crippen LogP contribution in [0, 0.1) is 0 Å². The number of sulfonamides is 1. The maximum absolute atomic E-state index is 12.4. The zero-order chi connectivity index (χ0) is 23.2. The molecule has 33 heavy (non-hydrogen) atoms. The summed E-state index contributed by atoms with van der Waals surface area (Å²) >= 11 is 6.42. The van der Waals surface area contributed by atoms with Crippen molar-refractivity contribution in [1.82, 2.24) is 15.0 Å². The van der Waals surface area contributed by atoms with Crippen LogP contribution < -0.4 is 10.9 Å². The van der Waals surface area contributed by atoms with Gasteiger partial charge >= 0.3 is 0 Å². The third kappa shape index (κ3) is 4.10. The monoisotopic (exact) mass is 481 g/mol. The highest BCUT2D eigenvalue weighted by Crippen LogP contribution is 2.43. The number of nitrogen functional groups attached to an aromatic ring is 1. The molecule has 0 bridgehead atoms. The Morgan fingerprint density at radius 1 is 1.06 bits per heavy atom. The van der Waals surface area contributed by atoms with Crippen LogP contribution in [0.25, 0.3) is 33.4 Å². The number of hydrogen-bond donors (Lipinski definition) is 3. The van der Waals surface area contributed by atoms with Crippen molar-refractivity contribution < 1.29 is 8.42 Å². The van der Waals surface area contributed by atoms with E-state index in [1.165, 1.54) is 0 Å². The molecular formula is C24H24ClN5O2S. The van der Waals surface area contributed by atoms with Crippen LogP contribution in [-0.4, -0.2) is 23.4 Å². The number of hydrogen-bond acceptors (Lipinski definition) is 5. The Labute approximate surface area is 197 Å². The Morgan fingerprint density at radius 3 is 2.61 bits per heavy atom. The number of aromatic nitrogens is 3. The maximum atomic E-state index is 12.4. The topological polar surface area (TPSA) is 128 Å². The summed E-state index contributed by atoms with van der Waals surface area (Å²) in [6.45, 7) is 0. The first-order chi connectivity index (χ1) is 15.8. The summed E-state index contributed by atoms with van der Waals surface area (Å²) in [7, 11) is -3.92. The van der Waals surface area contributed by atoms with E-state index in [4.69, 9.17) is 22.5 Å². The summed E-state index contributed by atoms with van der Waals surface area (Å²) in [5, 5.41) is 6.84. The highest BCUT2D eigenvalue weighted by molar-refractivity contribution is 7.89. The van der Waals surface area contributed by atoms with Crippen molar-refractivity contribution in [1.29, 1.82) is 0 Å². The standard InChI is InChI=1S/C24H24ClN5O2S/c25-21-12-15(18-13-29-24-16(18)7-4-10-28-24)11-19(30-21)17-8-9-20(33(27,31)32)22(23(17)26)14-5-2-1-3-6-14/h4,7-14H,1-3,5-6,26H2,(H,28,29)(H2,27,31,32). The van der Waals surface area contributed by atoms with Crippen LogP contribution in [0.5, 0.6) is 0 Å². The van der Waals surface area contributed by atoms with Gasteiger partial charge < -0.3 is 10.7 Å². The molecule has 3 heterocycles. The van der Waals surface area contributed by atoms with E-state index in [-0.39, 0.29) is 10.8 Å². The molecule has 7 nitrogen and oxygen atoms in total. The minimum Gasteiger partial charge on any atom is -0.398 e. The Balaban J connectivity index is 1.68. The van der Waals surface area contributed by atoms with Crippen molar-refractivity contribution >= 4 is 38.3 Å². The molecule has 1 aliphatic rings. The highest BCUT2D eigenvalue weighted by atomic mass is 35.5. The van der Waals surface area contributed by atoms with Gasteiger partial charge in [0.15, 0.2) is 0 Å². The first-order valence-electron chi connectivity index (χ1n) is 10.9. The van der Waals surface area contributed by atoms with Crippen molar-refractivity contribution in [3.63, 3.8) is 0 Å². The smallest absolute Gasteiger partial charge is 0.238 e.